The van der Waals surface area contributed by atoms with E-state index in [-0.39, 0.29) is 15.9 Å². The first kappa shape index (κ1) is 19.7. The number of aromatic nitrogens is 1. The SMILES string of the molecule is O=C(CC1CCCC1)NC(=S)Nc1ccc(S(=O)(=O)Nc2nccs2)cc1. The summed E-state index contributed by atoms with van der Waals surface area (Å²) in [7, 11) is -3.69. The van der Waals surface area contributed by atoms with Gasteiger partial charge in [0.2, 0.25) is 5.91 Å². The van der Waals surface area contributed by atoms with Crippen LogP contribution in [0.2, 0.25) is 0 Å². The summed E-state index contributed by atoms with van der Waals surface area (Å²) >= 11 is 6.36. The minimum absolute atomic E-state index is 0.0914. The summed E-state index contributed by atoms with van der Waals surface area (Å²) in [6.07, 6.45) is 6.58. The van der Waals surface area contributed by atoms with Crippen molar-refractivity contribution in [3.63, 3.8) is 0 Å². The molecule has 7 nitrogen and oxygen atoms in total. The summed E-state index contributed by atoms with van der Waals surface area (Å²) in [5, 5.41) is 7.77. The smallest absolute Gasteiger partial charge is 0.263 e. The Kier molecular flexibility index (Phi) is 6.40. The predicted molar refractivity (Wildman–Crippen MR) is 110 cm³/mol. The first-order chi connectivity index (χ1) is 12.9. The summed E-state index contributed by atoms with van der Waals surface area (Å²) in [6, 6.07) is 6.10. The molecule has 1 amide bonds. The average molecular weight is 425 g/mol. The van der Waals surface area contributed by atoms with Crippen LogP contribution in [-0.4, -0.2) is 24.4 Å². The number of sulfonamides is 1. The van der Waals surface area contributed by atoms with E-state index in [2.05, 4.69) is 20.3 Å². The van der Waals surface area contributed by atoms with Gasteiger partial charge in [0.15, 0.2) is 10.2 Å². The number of nitrogens with one attached hydrogen (secondary N) is 3. The summed E-state index contributed by atoms with van der Waals surface area (Å²) in [5.74, 6) is 0.355. The fraction of sp³-hybridized carbons (Fsp3) is 0.353. The highest BCUT2D eigenvalue weighted by Gasteiger charge is 2.19. The van der Waals surface area contributed by atoms with Gasteiger partial charge in [0.25, 0.3) is 10.0 Å². The molecule has 1 heterocycles. The van der Waals surface area contributed by atoms with Gasteiger partial charge in [-0.15, -0.1) is 11.3 Å². The van der Waals surface area contributed by atoms with Gasteiger partial charge in [0.1, 0.15) is 0 Å². The molecule has 0 radical (unpaired) electrons. The minimum atomic E-state index is -3.69. The summed E-state index contributed by atoms with van der Waals surface area (Å²) in [6.45, 7) is 0. The number of hydrogen-bond donors (Lipinski definition) is 3. The van der Waals surface area contributed by atoms with Crippen molar-refractivity contribution in [2.45, 2.75) is 37.0 Å². The molecule has 0 spiro atoms. The molecule has 3 rings (SSSR count). The molecule has 10 heteroatoms. The summed E-state index contributed by atoms with van der Waals surface area (Å²) in [4.78, 5) is 16.0. The van der Waals surface area contributed by atoms with Crippen LogP contribution in [0.15, 0.2) is 40.7 Å². The molecule has 1 aromatic heterocycles. The first-order valence-corrected chi connectivity index (χ1v) is 11.3. The number of thiazole rings is 1. The lowest BCUT2D eigenvalue weighted by Gasteiger charge is -2.12. The number of carbonyl (C=O) groups excluding carboxylic acids is 1. The lowest BCUT2D eigenvalue weighted by atomic mass is 10.0. The van der Waals surface area contributed by atoms with Crippen LogP contribution in [0.3, 0.4) is 0 Å². The third-order valence-electron chi connectivity index (χ3n) is 4.28. The number of rotatable bonds is 6. The van der Waals surface area contributed by atoms with E-state index in [9.17, 15) is 13.2 Å². The van der Waals surface area contributed by atoms with Crippen molar-refractivity contribution in [2.24, 2.45) is 5.92 Å². The third-order valence-corrected chi connectivity index (χ3v) is 6.65. The van der Waals surface area contributed by atoms with E-state index in [1.165, 1.54) is 42.5 Å². The lowest BCUT2D eigenvalue weighted by Crippen LogP contribution is -2.34. The second-order valence-corrected chi connectivity index (χ2v) is 9.31. The normalized spacial score (nSPS) is 14.7. The number of thiocarbonyl (C=S) groups is 1. The summed E-state index contributed by atoms with van der Waals surface area (Å²) < 4.78 is 27.0. The van der Waals surface area contributed by atoms with E-state index in [1.54, 1.807) is 17.5 Å². The van der Waals surface area contributed by atoms with Crippen LogP contribution in [0.1, 0.15) is 32.1 Å². The van der Waals surface area contributed by atoms with Crippen LogP contribution >= 0.6 is 23.6 Å². The molecule has 3 N–H and O–H groups in total. The molecule has 0 aliphatic heterocycles. The highest BCUT2D eigenvalue weighted by atomic mass is 32.2. The van der Waals surface area contributed by atoms with Crippen molar-refractivity contribution in [1.82, 2.24) is 10.3 Å². The van der Waals surface area contributed by atoms with Crippen molar-refractivity contribution in [2.75, 3.05) is 10.0 Å². The Morgan fingerprint density at radius 2 is 1.93 bits per heavy atom. The molecular weight excluding hydrogens is 404 g/mol. The largest absolute Gasteiger partial charge is 0.332 e. The Balaban J connectivity index is 1.53. The zero-order valence-corrected chi connectivity index (χ0v) is 16.9. The fourth-order valence-electron chi connectivity index (χ4n) is 2.98. The van der Waals surface area contributed by atoms with Gasteiger partial charge in [0.05, 0.1) is 4.90 Å². The van der Waals surface area contributed by atoms with Crippen LogP contribution < -0.4 is 15.4 Å². The van der Waals surface area contributed by atoms with E-state index < -0.39 is 10.0 Å². The van der Waals surface area contributed by atoms with Crippen molar-refractivity contribution in [3.8, 4) is 0 Å². The van der Waals surface area contributed by atoms with Gasteiger partial charge in [-0.1, -0.05) is 12.8 Å². The maximum absolute atomic E-state index is 12.3. The molecule has 2 aromatic rings. The number of carbonyl (C=O) groups is 1. The molecular formula is C17H20N4O3S3. The molecule has 27 heavy (non-hydrogen) atoms. The van der Waals surface area contributed by atoms with E-state index in [4.69, 9.17) is 12.2 Å². The predicted octanol–water partition coefficient (Wildman–Crippen LogP) is 3.34. The number of nitrogens with zero attached hydrogens (tertiary/aromatic N) is 1. The van der Waals surface area contributed by atoms with Crippen LogP contribution in [0.25, 0.3) is 0 Å². The molecule has 1 saturated carbocycles. The van der Waals surface area contributed by atoms with Gasteiger partial charge in [-0.3, -0.25) is 9.52 Å². The molecule has 144 valence electrons. The Morgan fingerprint density at radius 1 is 1.22 bits per heavy atom. The van der Waals surface area contributed by atoms with Gasteiger partial charge in [-0.05, 0) is 55.2 Å². The fourth-order valence-corrected chi connectivity index (χ4v) is 5.00. The molecule has 1 aromatic carbocycles. The molecule has 1 fully saturated rings. The van der Waals surface area contributed by atoms with Crippen LogP contribution in [0.4, 0.5) is 10.8 Å². The second kappa shape index (κ2) is 8.77. The lowest BCUT2D eigenvalue weighted by molar-refractivity contribution is -0.120. The molecule has 1 aliphatic rings. The molecule has 0 unspecified atom stereocenters. The van der Waals surface area contributed by atoms with Gasteiger partial charge in [-0.2, -0.15) is 0 Å². The number of anilines is 2. The van der Waals surface area contributed by atoms with E-state index in [0.29, 0.717) is 23.2 Å². The van der Waals surface area contributed by atoms with Gasteiger partial charge in [-0.25, -0.2) is 13.4 Å². The number of amides is 1. The number of benzene rings is 1. The first-order valence-electron chi connectivity index (χ1n) is 8.55. The average Bonchev–Trinajstić information content (AvgIpc) is 3.29. The quantitative estimate of drug-likeness (QED) is 0.615. The Morgan fingerprint density at radius 3 is 2.56 bits per heavy atom. The maximum atomic E-state index is 12.3. The maximum Gasteiger partial charge on any atom is 0.263 e. The molecule has 0 saturated heterocycles. The van der Waals surface area contributed by atoms with E-state index >= 15 is 0 Å². The standard InChI is InChI=1S/C17H20N4O3S3/c22-15(11-12-3-1-2-4-12)20-16(25)19-13-5-7-14(8-6-13)27(23,24)21-17-18-9-10-26-17/h5-10,12H,1-4,11H2,(H,18,21)(H2,19,20,22,25). The van der Waals surface area contributed by atoms with Crippen LogP contribution in [0.5, 0.6) is 0 Å². The van der Waals surface area contributed by atoms with E-state index in [0.717, 1.165) is 12.8 Å². The van der Waals surface area contributed by atoms with Crippen LogP contribution in [-0.2, 0) is 14.8 Å². The van der Waals surface area contributed by atoms with Gasteiger partial charge < -0.3 is 10.6 Å². The van der Waals surface area contributed by atoms with Gasteiger partial charge >= 0.3 is 0 Å². The Labute approximate surface area is 167 Å². The highest BCUT2D eigenvalue weighted by molar-refractivity contribution is 7.93. The van der Waals surface area contributed by atoms with Crippen LogP contribution in [0, 0.1) is 5.92 Å². The van der Waals surface area contributed by atoms with Crippen molar-refractivity contribution >= 4 is 55.4 Å². The zero-order valence-electron chi connectivity index (χ0n) is 14.5. The highest BCUT2D eigenvalue weighted by Crippen LogP contribution is 2.27. The topological polar surface area (TPSA) is 100 Å². The van der Waals surface area contributed by atoms with E-state index in [1.807, 2.05) is 0 Å². The Hall–Kier alpha value is -2.04. The molecule has 0 bridgehead atoms. The molecule has 0 atom stereocenters. The second-order valence-electron chi connectivity index (χ2n) is 6.32. The summed E-state index contributed by atoms with van der Waals surface area (Å²) in [5.41, 5.74) is 0.592. The minimum Gasteiger partial charge on any atom is -0.332 e. The zero-order chi connectivity index (χ0) is 19.3. The molecule has 1 aliphatic carbocycles. The van der Waals surface area contributed by atoms with Crippen molar-refractivity contribution in [3.05, 3.63) is 35.8 Å². The van der Waals surface area contributed by atoms with Gasteiger partial charge in [0, 0.05) is 23.7 Å². The monoisotopic (exact) mass is 424 g/mol. The van der Waals surface area contributed by atoms with Crippen molar-refractivity contribution in [1.29, 1.82) is 0 Å². The number of hydrogen-bond acceptors (Lipinski definition) is 6. The Bertz CT molecular complexity index is 890. The van der Waals surface area contributed by atoms with Crippen molar-refractivity contribution < 1.29 is 13.2 Å². The third kappa shape index (κ3) is 5.72.